The van der Waals surface area contributed by atoms with Crippen molar-refractivity contribution < 1.29 is 80.6 Å². The zero-order valence-corrected chi connectivity index (χ0v) is 41.0. The van der Waals surface area contributed by atoms with Crippen molar-refractivity contribution in [2.45, 2.75) is 71.0 Å². The Balaban J connectivity index is 0.000000233. The van der Waals surface area contributed by atoms with Gasteiger partial charge in [0.15, 0.2) is 16.9 Å². The van der Waals surface area contributed by atoms with Gasteiger partial charge in [-0.3, -0.25) is 0 Å². The molecule has 2 N–H and O–H groups in total. The number of hydrogen-bond donors (Lipinski definition) is 2. The number of nitrogens with zero attached hydrogens (tertiary/aromatic N) is 12. The number of aryl methyl sites for hydroxylation is 3. The molecule has 0 aliphatic heterocycles. The van der Waals surface area contributed by atoms with Gasteiger partial charge in [-0.05, 0) is 127 Å². The van der Waals surface area contributed by atoms with Crippen molar-refractivity contribution in [3.05, 3.63) is 147 Å². The van der Waals surface area contributed by atoms with Crippen molar-refractivity contribution in [1.29, 1.82) is 0 Å². The second kappa shape index (κ2) is 24.2. The third-order valence-corrected chi connectivity index (χ3v) is 10.9. The molecule has 6 aromatic heterocycles. The summed E-state index contributed by atoms with van der Waals surface area (Å²) >= 11 is 15.3. The minimum absolute atomic E-state index is 0. The number of methoxy groups -OCH3 is 1. The van der Waals surface area contributed by atoms with E-state index in [0.717, 1.165) is 63.1 Å². The fourth-order valence-corrected chi connectivity index (χ4v) is 7.03. The molecule has 0 aliphatic rings. The smallest absolute Gasteiger partial charge is 0.423 e. The number of alkyl halides is 17. The maximum atomic E-state index is 13.7. The molecule has 0 radical (unpaired) electrons. The van der Waals surface area contributed by atoms with Crippen LogP contribution in [0.2, 0.25) is 5.15 Å². The van der Waals surface area contributed by atoms with Gasteiger partial charge in [0.05, 0.1) is 28.1 Å². The van der Waals surface area contributed by atoms with Gasteiger partial charge in [0.2, 0.25) is 11.6 Å². The molecule has 0 saturated carbocycles. The van der Waals surface area contributed by atoms with Crippen molar-refractivity contribution in [3.63, 3.8) is 0 Å². The highest BCUT2D eigenvalue weighted by atomic mass is 35.5. The van der Waals surface area contributed by atoms with Gasteiger partial charge in [-0.25, -0.2) is 0 Å². The molecule has 0 amide bonds. The van der Waals surface area contributed by atoms with Gasteiger partial charge in [0, 0.05) is 18.2 Å². The first-order valence-electron chi connectivity index (χ1n) is 20.8. The Kier molecular flexibility index (Phi) is 19.8. The Hall–Kier alpha value is -6.93. The van der Waals surface area contributed by atoms with Crippen LogP contribution < -0.4 is 5.46 Å². The van der Waals surface area contributed by atoms with Gasteiger partial charge < -0.3 is 14.8 Å². The van der Waals surface area contributed by atoms with Gasteiger partial charge in [0.1, 0.15) is 5.15 Å². The number of halogens is 18. The van der Waals surface area contributed by atoms with Crippen LogP contribution in [0, 0.1) is 20.8 Å². The number of aromatic nitrogens is 12. The van der Waals surface area contributed by atoms with E-state index in [2.05, 4.69) is 50.6 Å². The fraction of sp³-hybridized carbons (Fsp3) is 0.267. The van der Waals surface area contributed by atoms with E-state index in [9.17, 15) is 65.9 Å². The summed E-state index contributed by atoms with van der Waals surface area (Å²) in [5.41, 5.74) is -0.137. The molecule has 0 atom stereocenters. The number of benzene rings is 3. The highest BCUT2D eigenvalue weighted by Crippen LogP contribution is 2.37. The molecule has 0 bridgehead atoms. The molecule has 3 aromatic carbocycles. The van der Waals surface area contributed by atoms with Crippen LogP contribution in [0.25, 0.3) is 39.5 Å². The maximum absolute atomic E-state index is 13.7. The van der Waals surface area contributed by atoms with Crippen molar-refractivity contribution >= 4 is 64.3 Å². The zero-order chi connectivity index (χ0) is 57.4. The molecule has 15 nitrogen and oxygen atoms in total. The molecule has 0 aliphatic carbocycles. The normalized spacial score (nSPS) is 12.2. The molecule has 34 heteroatoms. The van der Waals surface area contributed by atoms with Gasteiger partial charge in [-0.1, -0.05) is 56.3 Å². The molecule has 79 heavy (non-hydrogen) atoms. The molecule has 424 valence electrons. The Morgan fingerprint density at radius 3 is 1.14 bits per heavy atom. The Morgan fingerprint density at radius 2 is 0.797 bits per heavy atom. The Bertz CT molecular complexity index is 3570. The van der Waals surface area contributed by atoms with Crippen LogP contribution >= 0.6 is 34.8 Å². The van der Waals surface area contributed by atoms with E-state index in [-0.39, 0.29) is 59.4 Å². The third kappa shape index (κ3) is 15.3. The van der Waals surface area contributed by atoms with Crippen LogP contribution in [-0.2, 0) is 40.1 Å². The van der Waals surface area contributed by atoms with E-state index in [1.54, 1.807) is 0 Å². The zero-order valence-electron chi connectivity index (χ0n) is 38.7. The molecule has 0 spiro atoms. The lowest BCUT2D eigenvalue weighted by molar-refractivity contribution is -0.238. The molecular weight excluding hydrogens is 1160 g/mol. The van der Waals surface area contributed by atoms with E-state index in [1.807, 2.05) is 0 Å². The lowest BCUT2D eigenvalue weighted by atomic mass is 9.77. The molecule has 0 fully saturated rings. The van der Waals surface area contributed by atoms with Gasteiger partial charge >= 0.3 is 42.5 Å². The van der Waals surface area contributed by atoms with Crippen molar-refractivity contribution in [2.24, 2.45) is 0 Å². The van der Waals surface area contributed by atoms with Gasteiger partial charge in [-0.2, -0.15) is 94.7 Å². The average Bonchev–Trinajstić information content (AvgIpc) is 4.08. The molecule has 9 rings (SSSR count). The van der Waals surface area contributed by atoms with E-state index in [0.29, 0.717) is 22.3 Å². The van der Waals surface area contributed by atoms with E-state index in [1.165, 1.54) is 69.3 Å². The Labute approximate surface area is 450 Å². The second-order valence-electron chi connectivity index (χ2n) is 15.7. The molecule has 0 unspecified atom stereocenters. The SMILES string of the molecule is C.C.COC(F)(F)c1nnc2ccc(-c3ccc(C(F)(F)F)cc3C)nn12.Cc1cc(C(F)(F)F)ccc1-c1ccc2nnc(C(F)(F)Cl)n2n1.Cc1cc(C(F)(F)F)ccc1B(O)O.FC(F)(Cl)c1nnc2ccc(Cl)nn12. The summed E-state index contributed by atoms with van der Waals surface area (Å²) in [4.78, 5) is 0. The van der Waals surface area contributed by atoms with Gasteiger partial charge in [0.25, 0.3) is 5.82 Å². The highest BCUT2D eigenvalue weighted by molar-refractivity contribution is 6.59. The van der Waals surface area contributed by atoms with Crippen LogP contribution in [-0.4, -0.2) is 83.7 Å². The standard InChI is InChI=1S/C15H11F5N4O.C14H8ClF5N4.C8H8BF3O2.C6H2Cl2F2N4.2CH4/c1-8-7-9(14(16,17)18)3-4-10(8)11-5-6-12-21-22-13(24(12)23-11)15(19,20)25-2;1-7-6-8(14(18,19)20)2-3-9(7)10-4-5-11-21-22-12(13(15,16)17)24(11)23-10;1-5-4-6(8(10,11)12)2-3-7(5)9(13)14;7-3-1-2-4-11-12-5(6(8,9)10)14(4)13-3;;/h3-7H,1-2H3;2-6H,1H3;2-4,13-14H,1H3;1-2H;2*1H4. The summed E-state index contributed by atoms with van der Waals surface area (Å²) in [7, 11) is -0.928. The maximum Gasteiger partial charge on any atom is 0.488 e. The monoisotopic (exact) mass is 1190 g/mol. The number of ether oxygens (including phenoxy) is 1. The Morgan fingerprint density at radius 1 is 0.456 bits per heavy atom. The minimum Gasteiger partial charge on any atom is -0.423 e. The largest absolute Gasteiger partial charge is 0.488 e. The second-order valence-corrected chi connectivity index (χ2v) is 17.0. The van der Waals surface area contributed by atoms with Crippen LogP contribution in [0.5, 0.6) is 0 Å². The summed E-state index contributed by atoms with van der Waals surface area (Å²) in [6.07, 6.45) is -17.0. The topological polar surface area (TPSA) is 179 Å². The number of rotatable bonds is 7. The first kappa shape index (κ1) is 64.6. The van der Waals surface area contributed by atoms with Crippen molar-refractivity contribution in [2.75, 3.05) is 7.11 Å². The van der Waals surface area contributed by atoms with Crippen LogP contribution in [0.4, 0.5) is 65.9 Å². The highest BCUT2D eigenvalue weighted by Gasteiger charge is 2.39. The predicted octanol–water partition coefficient (Wildman–Crippen LogP) is 12.3. The lowest BCUT2D eigenvalue weighted by Gasteiger charge is -2.12. The quantitative estimate of drug-likeness (QED) is 0.0878. The molecule has 9 aromatic rings. The van der Waals surface area contributed by atoms with E-state index in [4.69, 9.17) is 44.9 Å². The molecular formula is C45H37BCl3F15N12O3. The van der Waals surface area contributed by atoms with Gasteiger partial charge in [-0.15, -0.1) is 30.6 Å². The molecule has 0 saturated heterocycles. The van der Waals surface area contributed by atoms with E-state index >= 15 is 0 Å². The summed E-state index contributed by atoms with van der Waals surface area (Å²) in [5.74, 6) is -2.45. The first-order valence-corrected chi connectivity index (χ1v) is 22.0. The van der Waals surface area contributed by atoms with E-state index < -0.39 is 76.7 Å². The minimum atomic E-state index is -4.47. The molecule has 6 heterocycles. The summed E-state index contributed by atoms with van der Waals surface area (Å²) in [5, 5.41) is 42.2. The first-order chi connectivity index (χ1) is 35.5. The summed E-state index contributed by atoms with van der Waals surface area (Å²) in [6.45, 7) is 4.34. The summed E-state index contributed by atoms with van der Waals surface area (Å²) in [6, 6.07) is 17.5. The van der Waals surface area contributed by atoms with Crippen LogP contribution in [0.15, 0.2) is 91.0 Å². The average molecular weight is 1200 g/mol. The summed E-state index contributed by atoms with van der Waals surface area (Å²) < 4.78 is 199. The fourth-order valence-electron chi connectivity index (χ4n) is 6.65. The lowest BCUT2D eigenvalue weighted by Crippen LogP contribution is -2.32. The number of fused-ring (bicyclic) bond motifs is 3. The van der Waals surface area contributed by atoms with Crippen molar-refractivity contribution in [1.82, 2.24) is 59.4 Å². The van der Waals surface area contributed by atoms with Crippen LogP contribution in [0.1, 0.15) is 65.7 Å². The predicted molar refractivity (Wildman–Crippen MR) is 258 cm³/mol. The third-order valence-electron chi connectivity index (χ3n) is 10.3. The number of hydrogen-bond acceptors (Lipinski definition) is 12. The van der Waals surface area contributed by atoms with Crippen molar-refractivity contribution in [3.8, 4) is 22.5 Å². The van der Waals surface area contributed by atoms with Crippen LogP contribution in [0.3, 0.4) is 0 Å².